The van der Waals surface area contributed by atoms with Crippen molar-refractivity contribution in [3.63, 3.8) is 0 Å². The first-order chi connectivity index (χ1) is 9.67. The molecule has 20 heavy (non-hydrogen) atoms. The number of likely N-dealkylation sites (tertiary alicyclic amines) is 1. The van der Waals surface area contributed by atoms with Gasteiger partial charge in [-0.3, -0.25) is 9.69 Å². The quantitative estimate of drug-likeness (QED) is 0.822. The van der Waals surface area contributed by atoms with Crippen molar-refractivity contribution < 1.29 is 13.9 Å². The van der Waals surface area contributed by atoms with Crippen molar-refractivity contribution in [3.05, 3.63) is 24.2 Å². The summed E-state index contributed by atoms with van der Waals surface area (Å²) in [7, 11) is 0. The zero-order valence-electron chi connectivity index (χ0n) is 12.0. The van der Waals surface area contributed by atoms with Gasteiger partial charge in [0.25, 0.3) is 0 Å². The minimum atomic E-state index is -0.186. The number of amides is 1. The summed E-state index contributed by atoms with van der Waals surface area (Å²) in [5.41, 5.74) is -0.186. The third-order valence-electron chi connectivity index (χ3n) is 4.27. The summed E-state index contributed by atoms with van der Waals surface area (Å²) in [4.78, 5) is 15.9. The van der Waals surface area contributed by atoms with E-state index in [2.05, 4.69) is 4.90 Å². The Hall–Kier alpha value is -1.33. The molecule has 2 aliphatic heterocycles. The molecule has 0 aromatic carbocycles. The molecule has 0 N–H and O–H groups in total. The van der Waals surface area contributed by atoms with Crippen LogP contribution in [0.2, 0.25) is 0 Å². The van der Waals surface area contributed by atoms with Crippen molar-refractivity contribution in [2.45, 2.75) is 31.9 Å². The molecule has 5 heteroatoms. The first-order valence-corrected chi connectivity index (χ1v) is 7.31. The highest BCUT2D eigenvalue weighted by atomic mass is 16.5. The molecule has 1 spiro atoms. The van der Waals surface area contributed by atoms with Gasteiger partial charge in [0, 0.05) is 26.6 Å². The van der Waals surface area contributed by atoms with Crippen molar-refractivity contribution in [2.24, 2.45) is 0 Å². The van der Waals surface area contributed by atoms with Gasteiger partial charge in [0.2, 0.25) is 5.91 Å². The molecule has 2 fully saturated rings. The van der Waals surface area contributed by atoms with Crippen LogP contribution in [0.4, 0.5) is 0 Å². The van der Waals surface area contributed by atoms with E-state index in [1.807, 2.05) is 17.0 Å². The van der Waals surface area contributed by atoms with E-state index in [1.54, 1.807) is 13.2 Å². The Bertz CT molecular complexity index is 456. The normalized spacial score (nSPS) is 27.9. The number of carbonyl (C=O) groups is 1. The number of hydrogen-bond donors (Lipinski definition) is 0. The third kappa shape index (κ3) is 2.88. The van der Waals surface area contributed by atoms with E-state index < -0.39 is 0 Å². The molecule has 1 atom stereocenters. The van der Waals surface area contributed by atoms with Gasteiger partial charge in [0.15, 0.2) is 0 Å². The maximum atomic E-state index is 11.6. The smallest absolute Gasteiger partial charge is 0.219 e. The second-order valence-corrected chi connectivity index (χ2v) is 5.87. The van der Waals surface area contributed by atoms with E-state index in [9.17, 15) is 4.79 Å². The molecule has 0 radical (unpaired) electrons. The van der Waals surface area contributed by atoms with Crippen LogP contribution in [0.3, 0.4) is 0 Å². The van der Waals surface area contributed by atoms with E-state index in [0.29, 0.717) is 0 Å². The Morgan fingerprint density at radius 3 is 3.05 bits per heavy atom. The first kappa shape index (κ1) is 13.6. The van der Waals surface area contributed by atoms with Crippen LogP contribution in [-0.4, -0.2) is 54.1 Å². The number of hydrogen-bond acceptors (Lipinski definition) is 4. The minimum absolute atomic E-state index is 0.149. The van der Waals surface area contributed by atoms with Crippen LogP contribution in [0.5, 0.6) is 0 Å². The number of morpholine rings is 1. The number of piperidine rings is 1. The van der Waals surface area contributed by atoms with Crippen LogP contribution in [0.15, 0.2) is 22.8 Å². The lowest BCUT2D eigenvalue weighted by atomic mass is 9.90. The summed E-state index contributed by atoms with van der Waals surface area (Å²) in [6.07, 6.45) is 3.77. The van der Waals surface area contributed by atoms with Crippen LogP contribution in [0.1, 0.15) is 25.5 Å². The van der Waals surface area contributed by atoms with Gasteiger partial charge in [-0.2, -0.15) is 0 Å². The molecule has 5 nitrogen and oxygen atoms in total. The van der Waals surface area contributed by atoms with Gasteiger partial charge in [-0.1, -0.05) is 0 Å². The molecule has 0 unspecified atom stereocenters. The summed E-state index contributed by atoms with van der Waals surface area (Å²) < 4.78 is 11.5. The van der Waals surface area contributed by atoms with E-state index in [-0.39, 0.29) is 11.5 Å². The molecule has 110 valence electrons. The number of rotatable bonds is 2. The zero-order chi connectivity index (χ0) is 14.0. The summed E-state index contributed by atoms with van der Waals surface area (Å²) in [5, 5.41) is 0. The van der Waals surface area contributed by atoms with Crippen molar-refractivity contribution in [1.82, 2.24) is 9.80 Å². The lowest BCUT2D eigenvalue weighted by molar-refractivity contribution is -0.157. The number of nitrogens with zero attached hydrogens (tertiary/aromatic N) is 2. The van der Waals surface area contributed by atoms with E-state index >= 15 is 0 Å². The molecule has 0 aliphatic carbocycles. The summed E-state index contributed by atoms with van der Waals surface area (Å²) in [6.45, 7) is 6.56. The van der Waals surface area contributed by atoms with Gasteiger partial charge in [-0.25, -0.2) is 0 Å². The zero-order valence-corrected chi connectivity index (χ0v) is 12.0. The molecule has 3 heterocycles. The molecule has 1 aromatic heterocycles. The highest BCUT2D eigenvalue weighted by Crippen LogP contribution is 2.29. The van der Waals surface area contributed by atoms with Crippen molar-refractivity contribution in [1.29, 1.82) is 0 Å². The van der Waals surface area contributed by atoms with Gasteiger partial charge >= 0.3 is 0 Å². The predicted molar refractivity (Wildman–Crippen MR) is 74.2 cm³/mol. The molecule has 0 bridgehead atoms. The van der Waals surface area contributed by atoms with Gasteiger partial charge in [-0.05, 0) is 25.0 Å². The summed E-state index contributed by atoms with van der Waals surface area (Å²) in [5.74, 6) is 1.14. The molecule has 1 aromatic rings. The highest BCUT2D eigenvalue weighted by Gasteiger charge is 2.41. The molecule has 2 aliphatic rings. The fourth-order valence-electron chi connectivity index (χ4n) is 3.30. The highest BCUT2D eigenvalue weighted by molar-refractivity contribution is 5.73. The van der Waals surface area contributed by atoms with Crippen LogP contribution in [0.25, 0.3) is 0 Å². The molecule has 1 amide bonds. The molecule has 2 saturated heterocycles. The number of furan rings is 1. The van der Waals surface area contributed by atoms with Gasteiger partial charge < -0.3 is 14.1 Å². The molecule has 3 rings (SSSR count). The van der Waals surface area contributed by atoms with Crippen LogP contribution >= 0.6 is 0 Å². The maximum Gasteiger partial charge on any atom is 0.219 e. The predicted octanol–water partition coefficient (Wildman–Crippen LogP) is 1.49. The number of ether oxygens (including phenoxy) is 1. The third-order valence-corrected chi connectivity index (χ3v) is 4.27. The largest absolute Gasteiger partial charge is 0.468 e. The summed E-state index contributed by atoms with van der Waals surface area (Å²) >= 11 is 0. The average Bonchev–Trinajstić information content (AvgIpc) is 2.92. The van der Waals surface area contributed by atoms with Gasteiger partial charge in [0.1, 0.15) is 5.76 Å². The van der Waals surface area contributed by atoms with Crippen LogP contribution < -0.4 is 0 Å². The molecule has 0 saturated carbocycles. The van der Waals surface area contributed by atoms with Crippen LogP contribution in [-0.2, 0) is 16.1 Å². The van der Waals surface area contributed by atoms with E-state index in [1.165, 1.54) is 0 Å². The van der Waals surface area contributed by atoms with E-state index in [0.717, 1.165) is 57.9 Å². The van der Waals surface area contributed by atoms with Crippen LogP contribution in [0, 0.1) is 0 Å². The fourth-order valence-corrected chi connectivity index (χ4v) is 3.30. The topological polar surface area (TPSA) is 45.9 Å². The number of carbonyl (C=O) groups excluding carboxylic acids is 1. The summed E-state index contributed by atoms with van der Waals surface area (Å²) in [6, 6.07) is 3.93. The Kier molecular flexibility index (Phi) is 3.81. The maximum absolute atomic E-state index is 11.6. The van der Waals surface area contributed by atoms with Gasteiger partial charge in [-0.15, -0.1) is 0 Å². The van der Waals surface area contributed by atoms with E-state index in [4.69, 9.17) is 9.15 Å². The average molecular weight is 278 g/mol. The van der Waals surface area contributed by atoms with Gasteiger partial charge in [0.05, 0.1) is 31.6 Å². The second kappa shape index (κ2) is 5.58. The molecular weight excluding hydrogens is 256 g/mol. The lowest BCUT2D eigenvalue weighted by Gasteiger charge is -2.47. The Balaban J connectivity index is 1.65. The fraction of sp³-hybridized carbons (Fsp3) is 0.667. The lowest BCUT2D eigenvalue weighted by Crippen LogP contribution is -2.60. The Labute approximate surface area is 119 Å². The first-order valence-electron chi connectivity index (χ1n) is 7.31. The van der Waals surface area contributed by atoms with Crippen molar-refractivity contribution >= 4 is 5.91 Å². The molecular formula is C15H22N2O3. The monoisotopic (exact) mass is 278 g/mol. The minimum Gasteiger partial charge on any atom is -0.468 e. The standard InChI is InChI=1S/C15H22N2O3/c1-13(18)17-6-3-5-15(12-17)11-16(7-9-20-15)10-14-4-2-8-19-14/h2,4,8H,3,5-7,9-12H2,1H3/t15-/m1/s1. The Morgan fingerprint density at radius 1 is 1.40 bits per heavy atom. The SMILES string of the molecule is CC(=O)N1CCC[C@@]2(CN(Cc3ccco3)CCO2)C1. The van der Waals surface area contributed by atoms with Crippen molar-refractivity contribution in [2.75, 3.05) is 32.8 Å². The second-order valence-electron chi connectivity index (χ2n) is 5.87. The Morgan fingerprint density at radius 2 is 2.30 bits per heavy atom. The van der Waals surface area contributed by atoms with Crippen molar-refractivity contribution in [3.8, 4) is 0 Å².